The molecule has 0 spiro atoms. The summed E-state index contributed by atoms with van der Waals surface area (Å²) in [6.07, 6.45) is 3.76. The number of aryl methyl sites for hydroxylation is 1. The van der Waals surface area contributed by atoms with Crippen LogP contribution in [-0.4, -0.2) is 51.6 Å². The highest BCUT2D eigenvalue weighted by Gasteiger charge is 2.18. The van der Waals surface area contributed by atoms with Gasteiger partial charge in [0.05, 0.1) is 31.1 Å². The largest absolute Gasteiger partial charge is 0.489 e. The smallest absolute Gasteiger partial charge is 0.358 e. The molecule has 2 aromatic heterocycles. The lowest BCUT2D eigenvalue weighted by atomic mass is 10.1. The van der Waals surface area contributed by atoms with Gasteiger partial charge in [-0.3, -0.25) is 4.68 Å². The highest BCUT2D eigenvalue weighted by atomic mass is 16.5. The minimum atomic E-state index is -0.457. The van der Waals surface area contributed by atoms with E-state index in [4.69, 9.17) is 14.2 Å². The SMILES string of the molecule is CCOC(=O)c1cc(Cc2nccc(-c3ccc(OC4CCOCC4)c(C#N)c3)n2)n(C)n1. The van der Waals surface area contributed by atoms with Crippen molar-refractivity contribution in [2.45, 2.75) is 32.3 Å². The minimum Gasteiger partial charge on any atom is -0.489 e. The number of hydrogen-bond acceptors (Lipinski definition) is 8. The highest BCUT2D eigenvalue weighted by molar-refractivity contribution is 5.87. The second-order valence-electron chi connectivity index (χ2n) is 7.65. The molecule has 0 aliphatic carbocycles. The molecule has 3 aromatic rings. The van der Waals surface area contributed by atoms with E-state index in [1.165, 1.54) is 0 Å². The van der Waals surface area contributed by atoms with Crippen molar-refractivity contribution in [3.8, 4) is 23.1 Å². The normalized spacial score (nSPS) is 14.0. The van der Waals surface area contributed by atoms with E-state index in [-0.39, 0.29) is 11.8 Å². The second kappa shape index (κ2) is 10.2. The van der Waals surface area contributed by atoms with Gasteiger partial charge in [0.2, 0.25) is 0 Å². The van der Waals surface area contributed by atoms with Crippen LogP contribution in [0.5, 0.6) is 5.75 Å². The molecule has 1 aliphatic rings. The summed E-state index contributed by atoms with van der Waals surface area (Å²) in [7, 11) is 1.76. The Morgan fingerprint density at radius 1 is 1.27 bits per heavy atom. The summed E-state index contributed by atoms with van der Waals surface area (Å²) >= 11 is 0. The predicted molar refractivity (Wildman–Crippen MR) is 119 cm³/mol. The molecule has 0 N–H and O–H groups in total. The van der Waals surface area contributed by atoms with Gasteiger partial charge in [-0.15, -0.1) is 0 Å². The third kappa shape index (κ3) is 5.35. The molecule has 0 saturated carbocycles. The molecule has 3 heterocycles. The average molecular weight is 447 g/mol. The van der Waals surface area contributed by atoms with Crippen LogP contribution < -0.4 is 4.74 Å². The standard InChI is InChI=1S/C24H25N5O4/c1-3-32-24(30)21-13-18(29(2)28-21)14-23-26-9-6-20(27-23)16-4-5-22(17(12-16)15-25)33-19-7-10-31-11-8-19/h4-6,9,12-13,19H,3,7-8,10-11,14H2,1-2H3. The fourth-order valence-corrected chi connectivity index (χ4v) is 3.64. The third-order valence-corrected chi connectivity index (χ3v) is 5.36. The maximum atomic E-state index is 11.9. The number of carbonyl (C=O) groups is 1. The third-order valence-electron chi connectivity index (χ3n) is 5.36. The molecule has 33 heavy (non-hydrogen) atoms. The van der Waals surface area contributed by atoms with E-state index in [9.17, 15) is 10.1 Å². The molecule has 1 saturated heterocycles. The first-order chi connectivity index (χ1) is 16.1. The molecule has 0 bridgehead atoms. The van der Waals surface area contributed by atoms with Gasteiger partial charge in [-0.2, -0.15) is 10.4 Å². The number of carbonyl (C=O) groups excluding carboxylic acids is 1. The van der Waals surface area contributed by atoms with Gasteiger partial charge in [0.15, 0.2) is 5.69 Å². The molecule has 4 rings (SSSR count). The van der Waals surface area contributed by atoms with Gasteiger partial charge in [0.25, 0.3) is 0 Å². The van der Waals surface area contributed by atoms with E-state index in [1.54, 1.807) is 43.0 Å². The van der Waals surface area contributed by atoms with Crippen LogP contribution in [0.1, 0.15) is 47.3 Å². The summed E-state index contributed by atoms with van der Waals surface area (Å²) in [4.78, 5) is 21.0. The van der Waals surface area contributed by atoms with Gasteiger partial charge < -0.3 is 14.2 Å². The molecule has 0 unspecified atom stereocenters. The van der Waals surface area contributed by atoms with E-state index in [0.29, 0.717) is 49.1 Å². The zero-order valence-electron chi connectivity index (χ0n) is 18.7. The summed E-state index contributed by atoms with van der Waals surface area (Å²) in [5, 5.41) is 13.9. The maximum Gasteiger partial charge on any atom is 0.358 e. The molecule has 0 amide bonds. The molecule has 9 heteroatoms. The van der Waals surface area contributed by atoms with Crippen LogP contribution in [0.15, 0.2) is 36.5 Å². The van der Waals surface area contributed by atoms with Gasteiger partial charge in [-0.1, -0.05) is 0 Å². The van der Waals surface area contributed by atoms with Crippen LogP contribution in [0, 0.1) is 11.3 Å². The Hall–Kier alpha value is -3.77. The van der Waals surface area contributed by atoms with Gasteiger partial charge >= 0.3 is 5.97 Å². The van der Waals surface area contributed by atoms with Gasteiger partial charge in [-0.05, 0) is 37.3 Å². The van der Waals surface area contributed by atoms with Crippen molar-refractivity contribution in [1.82, 2.24) is 19.7 Å². The Kier molecular flexibility index (Phi) is 6.95. The highest BCUT2D eigenvalue weighted by Crippen LogP contribution is 2.27. The van der Waals surface area contributed by atoms with Crippen LogP contribution in [-0.2, 0) is 22.9 Å². The molecule has 0 atom stereocenters. The molecular formula is C24H25N5O4. The number of nitrogens with zero attached hydrogens (tertiary/aromatic N) is 5. The summed E-state index contributed by atoms with van der Waals surface area (Å²) in [6, 6.07) is 11.2. The van der Waals surface area contributed by atoms with E-state index in [1.807, 2.05) is 12.1 Å². The first-order valence-electron chi connectivity index (χ1n) is 10.9. The molecule has 1 aromatic carbocycles. The lowest BCUT2D eigenvalue weighted by Crippen LogP contribution is -2.26. The van der Waals surface area contributed by atoms with Gasteiger partial charge in [0.1, 0.15) is 23.7 Å². The lowest BCUT2D eigenvalue weighted by molar-refractivity contribution is 0.0254. The summed E-state index contributed by atoms with van der Waals surface area (Å²) in [5.74, 6) is 0.692. The zero-order valence-corrected chi connectivity index (χ0v) is 18.7. The van der Waals surface area contributed by atoms with Crippen molar-refractivity contribution >= 4 is 5.97 Å². The Balaban J connectivity index is 1.53. The number of esters is 1. The summed E-state index contributed by atoms with van der Waals surface area (Å²) < 4.78 is 18.0. The van der Waals surface area contributed by atoms with Crippen molar-refractivity contribution in [3.05, 3.63) is 59.3 Å². The first-order valence-corrected chi connectivity index (χ1v) is 10.9. The molecular weight excluding hydrogens is 422 g/mol. The van der Waals surface area contributed by atoms with Gasteiger partial charge in [0, 0.05) is 43.8 Å². The number of nitriles is 1. The maximum absolute atomic E-state index is 11.9. The topological polar surface area (TPSA) is 112 Å². The molecule has 170 valence electrons. The average Bonchev–Trinajstić information content (AvgIpc) is 3.20. The van der Waals surface area contributed by atoms with E-state index >= 15 is 0 Å². The Morgan fingerprint density at radius 3 is 2.85 bits per heavy atom. The zero-order chi connectivity index (χ0) is 23.2. The number of benzene rings is 1. The number of ether oxygens (including phenoxy) is 3. The quantitative estimate of drug-likeness (QED) is 0.508. The fraction of sp³-hybridized carbons (Fsp3) is 0.375. The van der Waals surface area contributed by atoms with Crippen molar-refractivity contribution < 1.29 is 19.0 Å². The Bertz CT molecular complexity index is 1180. The first kappa shape index (κ1) is 22.4. The van der Waals surface area contributed by atoms with Crippen LogP contribution in [0.4, 0.5) is 0 Å². The Morgan fingerprint density at radius 2 is 2.09 bits per heavy atom. The number of aromatic nitrogens is 4. The second-order valence-corrected chi connectivity index (χ2v) is 7.65. The minimum absolute atomic E-state index is 0.0562. The van der Waals surface area contributed by atoms with Crippen molar-refractivity contribution in [1.29, 1.82) is 5.26 Å². The van der Waals surface area contributed by atoms with E-state index < -0.39 is 5.97 Å². The van der Waals surface area contributed by atoms with E-state index in [2.05, 4.69) is 21.1 Å². The van der Waals surface area contributed by atoms with Crippen LogP contribution >= 0.6 is 0 Å². The number of hydrogen-bond donors (Lipinski definition) is 0. The van der Waals surface area contributed by atoms with Crippen molar-refractivity contribution in [2.75, 3.05) is 19.8 Å². The molecule has 0 radical (unpaired) electrons. The van der Waals surface area contributed by atoms with Crippen LogP contribution in [0.3, 0.4) is 0 Å². The van der Waals surface area contributed by atoms with Crippen LogP contribution in [0.2, 0.25) is 0 Å². The Labute approximate surface area is 191 Å². The van der Waals surface area contributed by atoms with Crippen molar-refractivity contribution in [3.63, 3.8) is 0 Å². The van der Waals surface area contributed by atoms with Gasteiger partial charge in [-0.25, -0.2) is 14.8 Å². The monoisotopic (exact) mass is 447 g/mol. The summed E-state index contributed by atoms with van der Waals surface area (Å²) in [5.41, 5.74) is 3.00. The molecule has 1 aliphatic heterocycles. The fourth-order valence-electron chi connectivity index (χ4n) is 3.64. The summed E-state index contributed by atoms with van der Waals surface area (Å²) in [6.45, 7) is 3.39. The lowest BCUT2D eigenvalue weighted by Gasteiger charge is -2.23. The predicted octanol–water partition coefficient (Wildman–Crippen LogP) is 3.07. The molecule has 9 nitrogen and oxygen atoms in total. The van der Waals surface area contributed by atoms with E-state index in [0.717, 1.165) is 24.1 Å². The van der Waals surface area contributed by atoms with Crippen LogP contribution in [0.25, 0.3) is 11.3 Å². The molecule has 1 fully saturated rings. The van der Waals surface area contributed by atoms with Crippen molar-refractivity contribution in [2.24, 2.45) is 7.05 Å². The number of rotatable bonds is 7.